The lowest BCUT2D eigenvalue weighted by molar-refractivity contribution is 0.0474. The molecule has 5 nitrogen and oxygen atoms in total. The van der Waals surface area contributed by atoms with Gasteiger partial charge in [0.05, 0.1) is 6.10 Å². The van der Waals surface area contributed by atoms with Crippen molar-refractivity contribution in [3.63, 3.8) is 0 Å². The number of benzene rings is 2. The molecule has 0 aliphatic carbocycles. The molecule has 2 saturated heterocycles. The third-order valence-electron chi connectivity index (χ3n) is 6.27. The second-order valence-electron chi connectivity index (χ2n) is 8.45. The van der Waals surface area contributed by atoms with Crippen LogP contribution in [0.2, 0.25) is 0 Å². The SMILES string of the molecule is O=C(c1ccc(N2CCC(NCc3cccc(F)c3F)CC2)cc1)N1CCC[C@@H](O)C1. The first kappa shape index (κ1) is 21.7. The van der Waals surface area contributed by atoms with Gasteiger partial charge in [-0.05, 0) is 56.0 Å². The Morgan fingerprint density at radius 1 is 1.03 bits per heavy atom. The zero-order valence-electron chi connectivity index (χ0n) is 17.6. The molecule has 7 heteroatoms. The highest BCUT2D eigenvalue weighted by Gasteiger charge is 2.24. The molecule has 4 rings (SSSR count). The normalized spacial score (nSPS) is 20.2. The molecule has 2 aromatic rings. The minimum Gasteiger partial charge on any atom is -0.391 e. The van der Waals surface area contributed by atoms with Crippen LogP contribution in [0.1, 0.15) is 41.6 Å². The van der Waals surface area contributed by atoms with Gasteiger partial charge in [-0.2, -0.15) is 0 Å². The zero-order valence-corrected chi connectivity index (χ0v) is 17.6. The van der Waals surface area contributed by atoms with Gasteiger partial charge in [-0.15, -0.1) is 0 Å². The van der Waals surface area contributed by atoms with Gasteiger partial charge in [-0.3, -0.25) is 4.79 Å². The standard InChI is InChI=1S/C24H29F2N3O2/c25-22-5-1-3-18(23(22)26)15-27-19-10-13-28(14-11-19)20-8-6-17(7-9-20)24(31)29-12-2-4-21(30)16-29/h1,3,5-9,19,21,27,30H,2,4,10-16H2/t21-/m1/s1. The molecule has 2 aromatic carbocycles. The van der Waals surface area contributed by atoms with Gasteiger partial charge in [0, 0.05) is 55.6 Å². The Balaban J connectivity index is 1.28. The average molecular weight is 430 g/mol. The lowest BCUT2D eigenvalue weighted by Crippen LogP contribution is -2.42. The van der Waals surface area contributed by atoms with Crippen molar-refractivity contribution >= 4 is 11.6 Å². The molecule has 1 amide bonds. The molecular weight excluding hydrogens is 400 g/mol. The molecule has 2 aliphatic rings. The fourth-order valence-electron chi connectivity index (χ4n) is 4.42. The first-order chi connectivity index (χ1) is 15.0. The van der Waals surface area contributed by atoms with Gasteiger partial charge < -0.3 is 20.2 Å². The molecule has 2 aliphatic heterocycles. The number of carbonyl (C=O) groups excluding carboxylic acids is 1. The highest BCUT2D eigenvalue weighted by atomic mass is 19.2. The largest absolute Gasteiger partial charge is 0.391 e. The molecule has 166 valence electrons. The van der Waals surface area contributed by atoms with Gasteiger partial charge in [-0.1, -0.05) is 12.1 Å². The van der Waals surface area contributed by atoms with Crippen molar-refractivity contribution in [3.05, 3.63) is 65.2 Å². The van der Waals surface area contributed by atoms with Crippen molar-refractivity contribution in [2.45, 2.75) is 44.4 Å². The van der Waals surface area contributed by atoms with Crippen LogP contribution in [0.5, 0.6) is 0 Å². The number of rotatable bonds is 5. The highest BCUT2D eigenvalue weighted by Crippen LogP contribution is 2.22. The van der Waals surface area contributed by atoms with Crippen LogP contribution in [-0.2, 0) is 6.54 Å². The van der Waals surface area contributed by atoms with Crippen LogP contribution in [0.3, 0.4) is 0 Å². The summed E-state index contributed by atoms with van der Waals surface area (Å²) in [6, 6.07) is 12.2. The second-order valence-corrected chi connectivity index (χ2v) is 8.45. The van der Waals surface area contributed by atoms with Crippen LogP contribution in [0.25, 0.3) is 0 Å². The number of piperidine rings is 2. The van der Waals surface area contributed by atoms with Gasteiger partial charge in [0.15, 0.2) is 11.6 Å². The molecule has 0 unspecified atom stereocenters. The zero-order chi connectivity index (χ0) is 21.8. The Hall–Kier alpha value is -2.51. The molecule has 2 fully saturated rings. The van der Waals surface area contributed by atoms with E-state index in [1.54, 1.807) is 11.0 Å². The first-order valence-corrected chi connectivity index (χ1v) is 11.0. The number of halogens is 2. The minimum absolute atomic E-state index is 0.0298. The predicted octanol–water partition coefficient (Wildman–Crippen LogP) is 3.32. The lowest BCUT2D eigenvalue weighted by atomic mass is 10.0. The molecule has 0 radical (unpaired) electrons. The second kappa shape index (κ2) is 9.75. The number of aliphatic hydroxyl groups is 1. The van der Waals surface area contributed by atoms with E-state index in [2.05, 4.69) is 10.2 Å². The summed E-state index contributed by atoms with van der Waals surface area (Å²) in [7, 11) is 0. The van der Waals surface area contributed by atoms with E-state index in [1.807, 2.05) is 24.3 Å². The van der Waals surface area contributed by atoms with E-state index in [-0.39, 0.29) is 11.9 Å². The number of hydrogen-bond acceptors (Lipinski definition) is 4. The van der Waals surface area contributed by atoms with Crippen LogP contribution in [0, 0.1) is 11.6 Å². The summed E-state index contributed by atoms with van der Waals surface area (Å²) in [5.74, 6) is -1.62. The quantitative estimate of drug-likeness (QED) is 0.766. The van der Waals surface area contributed by atoms with Gasteiger partial charge in [0.25, 0.3) is 5.91 Å². The van der Waals surface area contributed by atoms with E-state index in [9.17, 15) is 18.7 Å². The Morgan fingerprint density at radius 3 is 2.48 bits per heavy atom. The summed E-state index contributed by atoms with van der Waals surface area (Å²) in [6.07, 6.45) is 2.97. The molecule has 0 bridgehead atoms. The summed E-state index contributed by atoms with van der Waals surface area (Å²) >= 11 is 0. The van der Waals surface area contributed by atoms with Crippen LogP contribution >= 0.6 is 0 Å². The van der Waals surface area contributed by atoms with E-state index < -0.39 is 17.7 Å². The summed E-state index contributed by atoms with van der Waals surface area (Å²) in [4.78, 5) is 16.7. The Bertz CT molecular complexity index is 898. The number of anilines is 1. The average Bonchev–Trinajstić information content (AvgIpc) is 2.80. The van der Waals surface area contributed by atoms with Crippen molar-refractivity contribution < 1.29 is 18.7 Å². The summed E-state index contributed by atoms with van der Waals surface area (Å²) in [6.45, 7) is 3.12. The van der Waals surface area contributed by atoms with Crippen LogP contribution in [0.4, 0.5) is 14.5 Å². The Labute approximate surface area is 181 Å². The van der Waals surface area contributed by atoms with E-state index in [0.29, 0.717) is 30.8 Å². The smallest absolute Gasteiger partial charge is 0.253 e. The lowest BCUT2D eigenvalue weighted by Gasteiger charge is -2.34. The topological polar surface area (TPSA) is 55.8 Å². The number of aliphatic hydroxyl groups excluding tert-OH is 1. The van der Waals surface area contributed by atoms with Crippen molar-refractivity contribution in [1.29, 1.82) is 0 Å². The summed E-state index contributed by atoms with van der Waals surface area (Å²) in [5.41, 5.74) is 2.07. The number of β-amino-alcohol motifs (C(OH)–C–C–N with tert-alkyl or cyclic N) is 1. The van der Waals surface area contributed by atoms with Gasteiger partial charge in [-0.25, -0.2) is 8.78 Å². The van der Waals surface area contributed by atoms with E-state index in [4.69, 9.17) is 0 Å². The molecule has 1 atom stereocenters. The summed E-state index contributed by atoms with van der Waals surface area (Å²) < 4.78 is 27.1. The number of likely N-dealkylation sites (tertiary alicyclic amines) is 1. The van der Waals surface area contributed by atoms with Crippen LogP contribution in [-0.4, -0.2) is 54.2 Å². The maximum atomic E-state index is 13.8. The molecule has 0 aromatic heterocycles. The Kier molecular flexibility index (Phi) is 6.83. The monoisotopic (exact) mass is 429 g/mol. The van der Waals surface area contributed by atoms with Crippen LogP contribution < -0.4 is 10.2 Å². The number of amides is 1. The van der Waals surface area contributed by atoms with Crippen LogP contribution in [0.15, 0.2) is 42.5 Å². The van der Waals surface area contributed by atoms with Crippen molar-refractivity contribution in [3.8, 4) is 0 Å². The van der Waals surface area contributed by atoms with E-state index in [0.717, 1.165) is 50.5 Å². The molecule has 31 heavy (non-hydrogen) atoms. The first-order valence-electron chi connectivity index (χ1n) is 11.0. The molecule has 2 N–H and O–H groups in total. The maximum absolute atomic E-state index is 13.8. The van der Waals surface area contributed by atoms with Gasteiger partial charge >= 0.3 is 0 Å². The van der Waals surface area contributed by atoms with Gasteiger partial charge in [0.1, 0.15) is 0 Å². The Morgan fingerprint density at radius 2 is 1.77 bits per heavy atom. The van der Waals surface area contributed by atoms with Gasteiger partial charge in [0.2, 0.25) is 0 Å². The molecule has 0 saturated carbocycles. The molecular formula is C24H29F2N3O2. The minimum atomic E-state index is -0.812. The number of hydrogen-bond donors (Lipinski definition) is 2. The maximum Gasteiger partial charge on any atom is 0.253 e. The molecule has 0 spiro atoms. The number of carbonyl (C=O) groups is 1. The number of nitrogens with one attached hydrogen (secondary N) is 1. The fraction of sp³-hybridized carbons (Fsp3) is 0.458. The molecule has 2 heterocycles. The fourth-order valence-corrected chi connectivity index (χ4v) is 4.42. The van der Waals surface area contributed by atoms with Crippen molar-refractivity contribution in [2.75, 3.05) is 31.1 Å². The van der Waals surface area contributed by atoms with Crippen molar-refractivity contribution in [2.24, 2.45) is 0 Å². The van der Waals surface area contributed by atoms with Crippen molar-refractivity contribution in [1.82, 2.24) is 10.2 Å². The van der Waals surface area contributed by atoms with E-state index >= 15 is 0 Å². The third kappa shape index (κ3) is 5.22. The predicted molar refractivity (Wildman–Crippen MR) is 116 cm³/mol. The summed E-state index contributed by atoms with van der Waals surface area (Å²) in [5, 5.41) is 13.1. The third-order valence-corrected chi connectivity index (χ3v) is 6.27. The van der Waals surface area contributed by atoms with E-state index in [1.165, 1.54) is 6.07 Å². The highest BCUT2D eigenvalue weighted by molar-refractivity contribution is 5.94. The number of nitrogens with zero attached hydrogens (tertiary/aromatic N) is 2.